The fourth-order valence-corrected chi connectivity index (χ4v) is 4.33. The molecule has 1 heterocycles. The number of sulfonamides is 1. The Morgan fingerprint density at radius 3 is 2.17 bits per heavy atom. The molecule has 0 bridgehead atoms. The van der Waals surface area contributed by atoms with E-state index < -0.39 is 15.6 Å². The number of nitrogens with two attached hydrogens (primary N) is 1. The molecule has 0 unspecified atom stereocenters. The van der Waals surface area contributed by atoms with E-state index in [4.69, 9.17) is 5.73 Å². The molecule has 1 saturated heterocycles. The van der Waals surface area contributed by atoms with Crippen molar-refractivity contribution < 1.29 is 13.2 Å². The number of hydrogen-bond donors (Lipinski definition) is 1. The maximum atomic E-state index is 12.7. The second-order valence-corrected chi connectivity index (χ2v) is 8.54. The minimum atomic E-state index is -3.51. The molecule has 1 amide bonds. The van der Waals surface area contributed by atoms with Gasteiger partial charge in [-0.15, -0.1) is 12.4 Å². The highest BCUT2D eigenvalue weighted by atomic mass is 35.5. The topological polar surface area (TPSA) is 83.7 Å². The first-order chi connectivity index (χ1) is 10.7. The van der Waals surface area contributed by atoms with Gasteiger partial charge in [0.25, 0.3) is 0 Å². The van der Waals surface area contributed by atoms with Gasteiger partial charge in [-0.2, -0.15) is 4.31 Å². The van der Waals surface area contributed by atoms with Gasteiger partial charge in [-0.3, -0.25) is 4.79 Å². The zero-order valence-electron chi connectivity index (χ0n) is 14.0. The van der Waals surface area contributed by atoms with Crippen molar-refractivity contribution in [3.8, 4) is 0 Å². The number of carbonyl (C=O) groups excluding carboxylic acids is 1. The van der Waals surface area contributed by atoms with Gasteiger partial charge in [0, 0.05) is 26.2 Å². The second-order valence-electron chi connectivity index (χ2n) is 6.60. The van der Waals surface area contributed by atoms with Crippen LogP contribution in [0.5, 0.6) is 0 Å². The van der Waals surface area contributed by atoms with Crippen LogP contribution in [-0.4, -0.2) is 55.2 Å². The highest BCUT2D eigenvalue weighted by Gasteiger charge is 2.48. The van der Waals surface area contributed by atoms with E-state index >= 15 is 0 Å². The van der Waals surface area contributed by atoms with Crippen molar-refractivity contribution in [3.05, 3.63) is 29.3 Å². The molecule has 0 atom stereocenters. The van der Waals surface area contributed by atoms with Gasteiger partial charge in [0.1, 0.15) is 0 Å². The van der Waals surface area contributed by atoms with E-state index in [-0.39, 0.29) is 18.3 Å². The van der Waals surface area contributed by atoms with Crippen molar-refractivity contribution in [2.45, 2.75) is 37.1 Å². The summed E-state index contributed by atoms with van der Waals surface area (Å²) in [7, 11) is -3.51. The van der Waals surface area contributed by atoms with E-state index in [1.165, 1.54) is 4.31 Å². The highest BCUT2D eigenvalue weighted by Crippen LogP contribution is 2.34. The van der Waals surface area contributed by atoms with Crippen LogP contribution >= 0.6 is 12.4 Å². The molecule has 2 fully saturated rings. The summed E-state index contributed by atoms with van der Waals surface area (Å²) in [6.07, 6.45) is 1.46. The van der Waals surface area contributed by atoms with E-state index in [0.717, 1.165) is 24.0 Å². The van der Waals surface area contributed by atoms with E-state index in [9.17, 15) is 13.2 Å². The lowest BCUT2D eigenvalue weighted by Crippen LogP contribution is -2.55. The van der Waals surface area contributed by atoms with Crippen molar-refractivity contribution in [3.63, 3.8) is 0 Å². The molecule has 3 rings (SSSR count). The molecule has 8 heteroatoms. The molecule has 1 aliphatic carbocycles. The molecule has 2 aliphatic rings. The van der Waals surface area contributed by atoms with Crippen LogP contribution in [0.25, 0.3) is 0 Å². The Balaban J connectivity index is 0.00000208. The Labute approximate surface area is 149 Å². The monoisotopic (exact) mass is 373 g/mol. The lowest BCUT2D eigenvalue weighted by atomic mass is 10.1. The lowest BCUT2D eigenvalue weighted by Gasteiger charge is -2.35. The summed E-state index contributed by atoms with van der Waals surface area (Å²) in [5.41, 5.74) is 7.28. The third kappa shape index (κ3) is 3.44. The molecule has 2 N–H and O–H groups in total. The number of aryl methyl sites for hydroxylation is 2. The Morgan fingerprint density at radius 2 is 1.67 bits per heavy atom. The molecule has 24 heavy (non-hydrogen) atoms. The van der Waals surface area contributed by atoms with Crippen LogP contribution in [0.15, 0.2) is 23.1 Å². The lowest BCUT2D eigenvalue weighted by molar-refractivity contribution is -0.134. The average molecular weight is 374 g/mol. The van der Waals surface area contributed by atoms with Crippen LogP contribution in [0.4, 0.5) is 0 Å². The fourth-order valence-electron chi connectivity index (χ4n) is 2.82. The Hall–Kier alpha value is -1.15. The molecule has 0 aromatic heterocycles. The second kappa shape index (κ2) is 6.63. The summed E-state index contributed by atoms with van der Waals surface area (Å²) >= 11 is 0. The third-order valence-corrected chi connectivity index (χ3v) is 6.75. The summed E-state index contributed by atoms with van der Waals surface area (Å²) in [5.74, 6) is -0.0410. The van der Waals surface area contributed by atoms with Crippen molar-refractivity contribution in [1.82, 2.24) is 9.21 Å². The number of rotatable bonds is 3. The zero-order valence-corrected chi connectivity index (χ0v) is 15.6. The molecule has 134 valence electrons. The number of carbonyl (C=O) groups is 1. The highest BCUT2D eigenvalue weighted by molar-refractivity contribution is 7.89. The summed E-state index contributed by atoms with van der Waals surface area (Å²) in [4.78, 5) is 14.2. The minimum Gasteiger partial charge on any atom is -0.338 e. The van der Waals surface area contributed by atoms with Crippen LogP contribution < -0.4 is 5.73 Å². The van der Waals surface area contributed by atoms with Crippen LogP contribution in [0, 0.1) is 13.8 Å². The number of hydrogen-bond acceptors (Lipinski definition) is 4. The quantitative estimate of drug-likeness (QED) is 0.858. The van der Waals surface area contributed by atoms with E-state index in [2.05, 4.69) is 0 Å². The molecule has 1 saturated carbocycles. The largest absolute Gasteiger partial charge is 0.338 e. The predicted molar refractivity (Wildman–Crippen MR) is 94.7 cm³/mol. The number of amides is 1. The number of piperazine rings is 1. The number of halogens is 1. The third-order valence-electron chi connectivity index (χ3n) is 4.86. The van der Waals surface area contributed by atoms with Gasteiger partial charge in [-0.25, -0.2) is 8.42 Å². The van der Waals surface area contributed by atoms with Crippen LogP contribution in [0.2, 0.25) is 0 Å². The SMILES string of the molecule is Cc1ccc(S(=O)(=O)N2CCN(C(=O)C3(N)CC3)CC2)cc1C.Cl. The summed E-state index contributed by atoms with van der Waals surface area (Å²) in [6.45, 7) is 5.30. The maximum absolute atomic E-state index is 12.7. The van der Waals surface area contributed by atoms with Crippen molar-refractivity contribution in [2.75, 3.05) is 26.2 Å². The molecule has 0 spiro atoms. The van der Waals surface area contributed by atoms with Crippen molar-refractivity contribution in [1.29, 1.82) is 0 Å². The normalized spacial score (nSPS) is 20.4. The van der Waals surface area contributed by atoms with Gasteiger partial charge in [0.15, 0.2) is 0 Å². The van der Waals surface area contributed by atoms with E-state index in [1.807, 2.05) is 19.9 Å². The first-order valence-electron chi connectivity index (χ1n) is 7.90. The molecular weight excluding hydrogens is 350 g/mol. The summed E-state index contributed by atoms with van der Waals surface area (Å²) in [6, 6.07) is 5.18. The number of benzene rings is 1. The molecule has 6 nitrogen and oxygen atoms in total. The minimum absolute atomic E-state index is 0. The van der Waals surface area contributed by atoms with Crippen molar-refractivity contribution >= 4 is 28.3 Å². The number of nitrogens with zero attached hydrogens (tertiary/aromatic N) is 2. The summed E-state index contributed by atoms with van der Waals surface area (Å²) < 4.78 is 26.9. The van der Waals surface area contributed by atoms with Crippen molar-refractivity contribution in [2.24, 2.45) is 5.73 Å². The predicted octanol–water partition coefficient (Wildman–Crippen LogP) is 1.05. The molecular formula is C16H24ClN3O3S. The van der Waals surface area contributed by atoms with Gasteiger partial charge in [0.05, 0.1) is 10.4 Å². The molecule has 0 radical (unpaired) electrons. The molecule has 1 aliphatic heterocycles. The van der Waals surface area contributed by atoms with Crippen LogP contribution in [-0.2, 0) is 14.8 Å². The zero-order chi connectivity index (χ0) is 16.8. The van der Waals surface area contributed by atoms with Crippen LogP contribution in [0.1, 0.15) is 24.0 Å². The van der Waals surface area contributed by atoms with Gasteiger partial charge >= 0.3 is 0 Å². The van der Waals surface area contributed by atoms with Gasteiger partial charge in [0.2, 0.25) is 15.9 Å². The fraction of sp³-hybridized carbons (Fsp3) is 0.562. The van der Waals surface area contributed by atoms with E-state index in [1.54, 1.807) is 17.0 Å². The first-order valence-corrected chi connectivity index (χ1v) is 9.34. The van der Waals surface area contributed by atoms with E-state index in [0.29, 0.717) is 31.1 Å². The van der Waals surface area contributed by atoms with Gasteiger partial charge in [-0.05, 0) is 49.9 Å². The first kappa shape index (κ1) is 19.2. The molecule has 1 aromatic carbocycles. The van der Waals surface area contributed by atoms with Gasteiger partial charge in [-0.1, -0.05) is 6.07 Å². The maximum Gasteiger partial charge on any atom is 0.243 e. The molecule has 1 aromatic rings. The Kier molecular flexibility index (Phi) is 5.30. The van der Waals surface area contributed by atoms with Gasteiger partial charge < -0.3 is 10.6 Å². The summed E-state index contributed by atoms with van der Waals surface area (Å²) in [5, 5.41) is 0. The Bertz CT molecular complexity index is 739. The Morgan fingerprint density at radius 1 is 1.08 bits per heavy atom. The van der Waals surface area contributed by atoms with Crippen LogP contribution in [0.3, 0.4) is 0 Å². The smallest absolute Gasteiger partial charge is 0.243 e. The standard InChI is InChI=1S/C16H23N3O3S.ClH/c1-12-3-4-14(11-13(12)2)23(21,22)19-9-7-18(8-10-19)15(20)16(17)5-6-16;/h3-4,11H,5-10,17H2,1-2H3;1H. The average Bonchev–Trinajstić information content (AvgIpc) is 3.28.